The van der Waals surface area contributed by atoms with Gasteiger partial charge in [0.2, 0.25) is 0 Å². The van der Waals surface area contributed by atoms with Crippen LogP contribution in [0.1, 0.15) is 56.2 Å². The summed E-state index contributed by atoms with van der Waals surface area (Å²) in [6, 6.07) is 16.2. The van der Waals surface area contributed by atoms with Crippen LogP contribution in [0.5, 0.6) is 0 Å². The van der Waals surface area contributed by atoms with Crippen molar-refractivity contribution in [1.29, 1.82) is 0 Å². The monoisotopic (exact) mass is 385 g/mol. The molecule has 0 aliphatic rings. The molecule has 0 heterocycles. The van der Waals surface area contributed by atoms with Crippen LogP contribution < -0.4 is 0 Å². The van der Waals surface area contributed by atoms with Gasteiger partial charge in [-0.1, -0.05) is 69.2 Å². The average molecular weight is 386 g/mol. The summed E-state index contributed by atoms with van der Waals surface area (Å²) in [5.41, 5.74) is 7.07. The molecule has 2 rings (SSSR count). The van der Waals surface area contributed by atoms with E-state index in [1.807, 2.05) is 0 Å². The summed E-state index contributed by atoms with van der Waals surface area (Å²) in [6.07, 6.45) is 8.42. The molecule has 148 valence electrons. The van der Waals surface area contributed by atoms with Crippen molar-refractivity contribution in [2.75, 3.05) is 20.7 Å². The van der Waals surface area contributed by atoms with Crippen molar-refractivity contribution in [1.82, 2.24) is 4.31 Å². The van der Waals surface area contributed by atoms with E-state index in [9.17, 15) is 0 Å². The highest BCUT2D eigenvalue weighted by atomic mass is 32.2. The summed E-state index contributed by atoms with van der Waals surface area (Å²) in [7, 11) is 3.78. The van der Waals surface area contributed by atoms with Gasteiger partial charge in [0, 0.05) is 6.54 Å². The fraction of sp³-hybridized carbons (Fsp3) is 0.500. The Hall–Kier alpha value is -1.29. The Morgan fingerprint density at radius 2 is 1.59 bits per heavy atom. The maximum absolute atomic E-state index is 5.09. The van der Waals surface area contributed by atoms with E-state index in [0.717, 1.165) is 25.8 Å². The van der Waals surface area contributed by atoms with Crippen molar-refractivity contribution in [2.45, 2.75) is 58.8 Å². The molecule has 0 aromatic heterocycles. The lowest BCUT2D eigenvalue weighted by molar-refractivity contribution is 0.431. The van der Waals surface area contributed by atoms with Crippen molar-refractivity contribution in [3.8, 4) is 11.1 Å². The van der Waals surface area contributed by atoms with E-state index in [-0.39, 0.29) is 0 Å². The summed E-state index contributed by atoms with van der Waals surface area (Å²) in [5, 5.41) is 0. The van der Waals surface area contributed by atoms with Crippen molar-refractivity contribution in [3.05, 3.63) is 59.2 Å². The molecule has 0 N–H and O–H groups in total. The Labute approximate surface area is 170 Å². The molecule has 0 radical (unpaired) electrons. The van der Waals surface area contributed by atoms with E-state index in [0.29, 0.717) is 0 Å². The largest absolute Gasteiger partial charge is 0.304 e. The van der Waals surface area contributed by atoms with Gasteiger partial charge in [0.05, 0.1) is 19.3 Å². The standard InChI is InChI=1S/C24H35NOS/c1-5-7-8-10-20-12-15-23(16-13-20)24-17-14-21(19-22(24)6-2)11-9-18-25(3)27-26-4/h12-17,19H,5-11,18H2,1-4H3. The number of aryl methyl sites for hydroxylation is 3. The maximum Gasteiger partial charge on any atom is 0.0813 e. The van der Waals surface area contributed by atoms with Crippen LogP contribution in [0.4, 0.5) is 0 Å². The minimum atomic E-state index is 1.03. The van der Waals surface area contributed by atoms with Crippen LogP contribution in [-0.2, 0) is 23.4 Å². The highest BCUT2D eigenvalue weighted by Crippen LogP contribution is 2.26. The fourth-order valence-corrected chi connectivity index (χ4v) is 3.94. The summed E-state index contributed by atoms with van der Waals surface area (Å²) in [4.78, 5) is 0. The van der Waals surface area contributed by atoms with Gasteiger partial charge in [0.25, 0.3) is 0 Å². The van der Waals surface area contributed by atoms with Gasteiger partial charge < -0.3 is 4.18 Å². The molecular formula is C24H35NOS. The molecule has 0 saturated heterocycles. The Bertz CT molecular complexity index is 669. The number of unbranched alkanes of at least 4 members (excludes halogenated alkanes) is 2. The van der Waals surface area contributed by atoms with E-state index in [2.05, 4.69) is 67.7 Å². The predicted molar refractivity (Wildman–Crippen MR) is 120 cm³/mol. The zero-order valence-corrected chi connectivity index (χ0v) is 18.3. The molecule has 0 bridgehead atoms. The zero-order chi connectivity index (χ0) is 19.5. The first-order chi connectivity index (χ1) is 13.2. The molecule has 2 nitrogen and oxygen atoms in total. The van der Waals surface area contributed by atoms with E-state index in [4.69, 9.17) is 4.18 Å². The number of hydrogen-bond donors (Lipinski definition) is 0. The van der Waals surface area contributed by atoms with Crippen LogP contribution in [0, 0.1) is 0 Å². The van der Waals surface area contributed by atoms with Crippen molar-refractivity contribution in [3.63, 3.8) is 0 Å². The van der Waals surface area contributed by atoms with Crippen LogP contribution in [0.3, 0.4) is 0 Å². The van der Waals surface area contributed by atoms with Gasteiger partial charge >= 0.3 is 0 Å². The van der Waals surface area contributed by atoms with Crippen molar-refractivity contribution >= 4 is 12.2 Å². The van der Waals surface area contributed by atoms with Crippen LogP contribution in [0.25, 0.3) is 11.1 Å². The number of nitrogens with zero attached hydrogens (tertiary/aromatic N) is 1. The minimum absolute atomic E-state index is 1.03. The van der Waals surface area contributed by atoms with E-state index in [1.54, 1.807) is 7.11 Å². The highest BCUT2D eigenvalue weighted by Gasteiger charge is 2.07. The minimum Gasteiger partial charge on any atom is -0.304 e. The molecule has 0 unspecified atom stereocenters. The topological polar surface area (TPSA) is 12.5 Å². The average Bonchev–Trinajstić information content (AvgIpc) is 2.69. The normalized spacial score (nSPS) is 11.3. The molecule has 3 heteroatoms. The second-order valence-corrected chi connectivity index (χ2v) is 8.30. The highest BCUT2D eigenvalue weighted by molar-refractivity contribution is 7.92. The smallest absolute Gasteiger partial charge is 0.0813 e. The van der Waals surface area contributed by atoms with Crippen LogP contribution >= 0.6 is 12.2 Å². The lowest BCUT2D eigenvalue weighted by atomic mass is 9.93. The van der Waals surface area contributed by atoms with Gasteiger partial charge in [-0.3, -0.25) is 0 Å². The summed E-state index contributed by atoms with van der Waals surface area (Å²) in [5.74, 6) is 0. The predicted octanol–water partition coefficient (Wildman–Crippen LogP) is 6.72. The van der Waals surface area contributed by atoms with Crippen molar-refractivity contribution in [2.24, 2.45) is 0 Å². The SMILES string of the molecule is CCCCCc1ccc(-c2ccc(CCCN(C)SOC)cc2CC)cc1. The maximum atomic E-state index is 5.09. The molecule has 0 atom stereocenters. The third kappa shape index (κ3) is 7.33. The van der Waals surface area contributed by atoms with Gasteiger partial charge in [0.1, 0.15) is 0 Å². The Morgan fingerprint density at radius 1 is 0.889 bits per heavy atom. The van der Waals surface area contributed by atoms with Gasteiger partial charge in [-0.2, -0.15) is 0 Å². The lowest BCUT2D eigenvalue weighted by Gasteiger charge is -2.14. The molecule has 27 heavy (non-hydrogen) atoms. The molecule has 0 spiro atoms. The quantitative estimate of drug-likeness (QED) is 0.228. The summed E-state index contributed by atoms with van der Waals surface area (Å²) in [6.45, 7) is 5.54. The first-order valence-electron chi connectivity index (χ1n) is 10.3. The van der Waals surface area contributed by atoms with E-state index in [1.165, 1.54) is 65.7 Å². The van der Waals surface area contributed by atoms with Crippen LogP contribution in [0.15, 0.2) is 42.5 Å². The van der Waals surface area contributed by atoms with Crippen LogP contribution in [-0.4, -0.2) is 25.0 Å². The fourth-order valence-electron chi connectivity index (χ4n) is 3.48. The molecule has 0 aliphatic heterocycles. The first-order valence-corrected chi connectivity index (χ1v) is 11.0. The Morgan fingerprint density at radius 3 is 2.26 bits per heavy atom. The summed E-state index contributed by atoms with van der Waals surface area (Å²) >= 11 is 1.41. The molecule has 2 aromatic rings. The third-order valence-corrected chi connectivity index (χ3v) is 5.61. The van der Waals surface area contributed by atoms with E-state index >= 15 is 0 Å². The third-order valence-electron chi connectivity index (χ3n) is 5.02. The van der Waals surface area contributed by atoms with Gasteiger partial charge in [-0.05, 0) is 67.0 Å². The number of hydrogen-bond acceptors (Lipinski definition) is 3. The van der Waals surface area contributed by atoms with E-state index < -0.39 is 0 Å². The molecule has 0 amide bonds. The van der Waals surface area contributed by atoms with Gasteiger partial charge in [0.15, 0.2) is 0 Å². The second kappa shape index (κ2) is 12.2. The number of benzene rings is 2. The van der Waals surface area contributed by atoms with Gasteiger partial charge in [-0.15, -0.1) is 0 Å². The van der Waals surface area contributed by atoms with Crippen LogP contribution in [0.2, 0.25) is 0 Å². The summed E-state index contributed by atoms with van der Waals surface area (Å²) < 4.78 is 7.22. The number of rotatable bonds is 12. The zero-order valence-electron chi connectivity index (χ0n) is 17.5. The van der Waals surface area contributed by atoms with Crippen molar-refractivity contribution < 1.29 is 4.18 Å². The Kier molecular flexibility index (Phi) is 9.96. The molecule has 0 aliphatic carbocycles. The molecule has 2 aromatic carbocycles. The molecular weight excluding hydrogens is 350 g/mol. The molecule has 0 saturated carbocycles. The lowest BCUT2D eigenvalue weighted by Crippen LogP contribution is -2.11. The Balaban J connectivity index is 2.00. The van der Waals surface area contributed by atoms with Gasteiger partial charge in [-0.25, -0.2) is 4.31 Å². The first kappa shape index (κ1) is 22.0. The molecule has 0 fully saturated rings. The second-order valence-electron chi connectivity index (χ2n) is 7.20.